The Hall–Kier alpha value is -0.880. The van der Waals surface area contributed by atoms with Crippen LogP contribution in [0.1, 0.15) is 27.2 Å². The Morgan fingerprint density at radius 3 is 2.65 bits per heavy atom. The number of aromatic nitrogens is 2. The molecule has 0 aliphatic carbocycles. The molecule has 0 saturated carbocycles. The van der Waals surface area contributed by atoms with Crippen LogP contribution >= 0.6 is 15.9 Å². The van der Waals surface area contributed by atoms with Gasteiger partial charge in [-0.1, -0.05) is 20.8 Å². The summed E-state index contributed by atoms with van der Waals surface area (Å²) in [5.41, 5.74) is 5.68. The molecule has 1 unspecified atom stereocenters. The maximum atomic E-state index is 9.82. The van der Waals surface area contributed by atoms with Crippen molar-refractivity contribution in [2.45, 2.75) is 33.3 Å². The summed E-state index contributed by atoms with van der Waals surface area (Å²) in [6.45, 7) is 6.67. The number of anilines is 2. The molecular formula is C11H19BrN4O. The zero-order valence-electron chi connectivity index (χ0n) is 10.4. The number of hydrogen-bond donors (Lipinski definition) is 3. The molecule has 1 aromatic heterocycles. The fourth-order valence-electron chi connectivity index (χ4n) is 1.50. The average molecular weight is 303 g/mol. The fraction of sp³-hybridized carbons (Fsp3) is 0.636. The first-order chi connectivity index (χ1) is 7.76. The molecule has 1 rings (SSSR count). The zero-order valence-corrected chi connectivity index (χ0v) is 12.0. The highest BCUT2D eigenvalue weighted by Gasteiger charge is 2.16. The van der Waals surface area contributed by atoms with E-state index in [1.54, 1.807) is 6.07 Å². The zero-order chi connectivity index (χ0) is 13.1. The summed E-state index contributed by atoms with van der Waals surface area (Å²) < 4.78 is 0.623. The third kappa shape index (κ3) is 5.83. The molecule has 0 aromatic carbocycles. The van der Waals surface area contributed by atoms with E-state index < -0.39 is 6.10 Å². The molecule has 0 fully saturated rings. The summed E-state index contributed by atoms with van der Waals surface area (Å²) in [6, 6.07) is 1.62. The van der Waals surface area contributed by atoms with Gasteiger partial charge in [-0.15, -0.1) is 0 Å². The molecule has 0 spiro atoms. The lowest BCUT2D eigenvalue weighted by Gasteiger charge is -2.22. The number of rotatable bonds is 4. The smallest absolute Gasteiger partial charge is 0.225 e. The quantitative estimate of drug-likeness (QED) is 0.741. The number of nitrogens with one attached hydrogen (secondary N) is 1. The predicted molar refractivity (Wildman–Crippen MR) is 72.7 cm³/mol. The third-order valence-corrected chi connectivity index (χ3v) is 2.46. The number of nitrogens with zero attached hydrogens (tertiary/aromatic N) is 2. The summed E-state index contributed by atoms with van der Waals surface area (Å²) in [5, 5.41) is 12.8. The molecule has 96 valence electrons. The number of halogens is 1. The molecular weight excluding hydrogens is 284 g/mol. The van der Waals surface area contributed by atoms with E-state index in [1.165, 1.54) is 0 Å². The van der Waals surface area contributed by atoms with Crippen molar-refractivity contribution in [3.8, 4) is 0 Å². The highest BCUT2D eigenvalue weighted by molar-refractivity contribution is 9.10. The van der Waals surface area contributed by atoms with E-state index >= 15 is 0 Å². The topological polar surface area (TPSA) is 84.1 Å². The third-order valence-electron chi connectivity index (χ3n) is 2.06. The first kappa shape index (κ1) is 14.2. The second kappa shape index (κ2) is 5.64. The highest BCUT2D eigenvalue weighted by Crippen LogP contribution is 2.21. The fourth-order valence-corrected chi connectivity index (χ4v) is 1.90. The molecule has 1 aromatic rings. The number of nitrogen functional groups attached to an aromatic ring is 1. The molecule has 0 saturated heterocycles. The lowest BCUT2D eigenvalue weighted by Crippen LogP contribution is -2.25. The van der Waals surface area contributed by atoms with Crippen LogP contribution < -0.4 is 11.1 Å². The van der Waals surface area contributed by atoms with Gasteiger partial charge in [0.2, 0.25) is 5.95 Å². The van der Waals surface area contributed by atoms with Crippen molar-refractivity contribution in [1.82, 2.24) is 9.97 Å². The van der Waals surface area contributed by atoms with Crippen LogP contribution in [-0.4, -0.2) is 27.7 Å². The minimum Gasteiger partial charge on any atom is -0.391 e. The van der Waals surface area contributed by atoms with Gasteiger partial charge in [0.25, 0.3) is 0 Å². The number of aliphatic hydroxyl groups excluding tert-OH is 1. The molecule has 17 heavy (non-hydrogen) atoms. The Kier molecular flexibility index (Phi) is 4.70. The van der Waals surface area contributed by atoms with Crippen molar-refractivity contribution in [3.63, 3.8) is 0 Å². The summed E-state index contributed by atoms with van der Waals surface area (Å²) in [4.78, 5) is 8.12. The molecule has 1 heterocycles. The molecule has 0 amide bonds. The molecule has 0 aliphatic heterocycles. The van der Waals surface area contributed by atoms with E-state index in [1.807, 2.05) is 0 Å². The van der Waals surface area contributed by atoms with Gasteiger partial charge in [-0.2, -0.15) is 4.98 Å². The summed E-state index contributed by atoms with van der Waals surface area (Å²) in [7, 11) is 0. The maximum absolute atomic E-state index is 9.82. The lowest BCUT2D eigenvalue weighted by molar-refractivity contribution is 0.132. The van der Waals surface area contributed by atoms with Crippen LogP contribution in [0.3, 0.4) is 0 Å². The van der Waals surface area contributed by atoms with Crippen molar-refractivity contribution in [1.29, 1.82) is 0 Å². The molecule has 6 heteroatoms. The van der Waals surface area contributed by atoms with Gasteiger partial charge in [-0.25, -0.2) is 4.98 Å². The van der Waals surface area contributed by atoms with Gasteiger partial charge in [-0.05, 0) is 27.8 Å². The second-order valence-electron chi connectivity index (χ2n) is 5.24. The predicted octanol–water partition coefficient (Wildman–Crippen LogP) is 2.03. The normalized spacial score (nSPS) is 13.5. The van der Waals surface area contributed by atoms with Gasteiger partial charge in [-0.3, -0.25) is 0 Å². The molecule has 0 bridgehead atoms. The van der Waals surface area contributed by atoms with Gasteiger partial charge in [0.05, 0.1) is 6.10 Å². The average Bonchev–Trinajstić information content (AvgIpc) is 2.10. The van der Waals surface area contributed by atoms with Crippen molar-refractivity contribution >= 4 is 27.7 Å². The maximum Gasteiger partial charge on any atom is 0.225 e. The van der Waals surface area contributed by atoms with Crippen LogP contribution in [0.5, 0.6) is 0 Å². The summed E-state index contributed by atoms with van der Waals surface area (Å²) in [5.74, 6) is 0.810. The van der Waals surface area contributed by atoms with Crippen LogP contribution in [0.4, 0.5) is 11.8 Å². The molecule has 0 aliphatic rings. The Morgan fingerprint density at radius 2 is 2.12 bits per heavy atom. The van der Waals surface area contributed by atoms with Crippen molar-refractivity contribution in [3.05, 3.63) is 10.7 Å². The van der Waals surface area contributed by atoms with Crippen LogP contribution in [0.15, 0.2) is 10.7 Å². The molecule has 4 N–H and O–H groups in total. The van der Waals surface area contributed by atoms with Crippen molar-refractivity contribution in [2.75, 3.05) is 17.6 Å². The van der Waals surface area contributed by atoms with Crippen molar-refractivity contribution < 1.29 is 5.11 Å². The van der Waals surface area contributed by atoms with E-state index in [0.29, 0.717) is 29.3 Å². The SMILES string of the molecule is CC(C)(C)CC(O)CNc1nc(N)cc(Br)n1. The first-order valence-electron chi connectivity index (χ1n) is 5.48. The van der Waals surface area contributed by atoms with Gasteiger partial charge < -0.3 is 16.2 Å². The Labute approximate surface area is 110 Å². The second-order valence-corrected chi connectivity index (χ2v) is 6.05. The van der Waals surface area contributed by atoms with E-state index in [9.17, 15) is 5.11 Å². The van der Waals surface area contributed by atoms with E-state index in [0.717, 1.165) is 0 Å². The van der Waals surface area contributed by atoms with Crippen LogP contribution in [-0.2, 0) is 0 Å². The molecule has 0 radical (unpaired) electrons. The Balaban J connectivity index is 2.50. The summed E-state index contributed by atoms with van der Waals surface area (Å²) >= 11 is 3.24. The summed E-state index contributed by atoms with van der Waals surface area (Å²) in [6.07, 6.45) is 0.280. The van der Waals surface area contributed by atoms with Crippen molar-refractivity contribution in [2.24, 2.45) is 5.41 Å². The first-order valence-corrected chi connectivity index (χ1v) is 6.27. The Morgan fingerprint density at radius 1 is 1.47 bits per heavy atom. The van der Waals surface area contributed by atoms with E-state index in [4.69, 9.17) is 5.73 Å². The van der Waals surface area contributed by atoms with Gasteiger partial charge in [0.15, 0.2) is 0 Å². The molecule has 5 nitrogen and oxygen atoms in total. The van der Waals surface area contributed by atoms with Crippen LogP contribution in [0.2, 0.25) is 0 Å². The van der Waals surface area contributed by atoms with E-state index in [2.05, 4.69) is 52.0 Å². The molecule has 1 atom stereocenters. The Bertz CT molecular complexity index is 358. The van der Waals surface area contributed by atoms with Crippen LogP contribution in [0, 0.1) is 5.41 Å². The number of nitrogens with two attached hydrogens (primary N) is 1. The minimum atomic E-state index is -0.432. The largest absolute Gasteiger partial charge is 0.391 e. The van der Waals surface area contributed by atoms with E-state index in [-0.39, 0.29) is 5.41 Å². The van der Waals surface area contributed by atoms with Crippen LogP contribution in [0.25, 0.3) is 0 Å². The minimum absolute atomic E-state index is 0.0955. The number of aliphatic hydroxyl groups is 1. The monoisotopic (exact) mass is 302 g/mol. The van der Waals surface area contributed by atoms with Gasteiger partial charge in [0, 0.05) is 12.6 Å². The standard InChI is InChI=1S/C11H19BrN4O/c1-11(2,3)5-7(17)6-14-10-15-8(12)4-9(13)16-10/h4,7,17H,5-6H2,1-3H3,(H3,13,14,15,16). The van der Waals surface area contributed by atoms with Gasteiger partial charge >= 0.3 is 0 Å². The highest BCUT2D eigenvalue weighted by atomic mass is 79.9. The van der Waals surface area contributed by atoms with Gasteiger partial charge in [0.1, 0.15) is 10.4 Å². The number of hydrogen-bond acceptors (Lipinski definition) is 5. The lowest BCUT2D eigenvalue weighted by atomic mass is 9.89.